The van der Waals surface area contributed by atoms with E-state index in [0.717, 1.165) is 17.1 Å². The van der Waals surface area contributed by atoms with Crippen molar-refractivity contribution in [3.63, 3.8) is 0 Å². The van der Waals surface area contributed by atoms with E-state index in [1.165, 1.54) is 12.8 Å². The number of rotatable bonds is 1. The third-order valence-electron chi connectivity index (χ3n) is 4.05. The molecule has 0 saturated carbocycles. The molecule has 1 fully saturated rings. The van der Waals surface area contributed by atoms with Gasteiger partial charge in [-0.3, -0.25) is 0 Å². The first-order chi connectivity index (χ1) is 10.1. The summed E-state index contributed by atoms with van der Waals surface area (Å²) >= 11 is 1.76. The SMILES string of the molecule is CC1NC(C#Cc2ccc(N3C(C)CCC3C)nc2)=CS1. The molecule has 0 radical (unpaired) electrons. The predicted octanol–water partition coefficient (Wildman–Crippen LogP) is 3.33. The van der Waals surface area contributed by atoms with Crippen LogP contribution in [0.5, 0.6) is 0 Å². The number of aromatic nitrogens is 1. The zero-order valence-corrected chi connectivity index (χ0v) is 13.6. The highest BCUT2D eigenvalue weighted by atomic mass is 32.2. The number of hydrogen-bond acceptors (Lipinski definition) is 4. The summed E-state index contributed by atoms with van der Waals surface area (Å²) in [4.78, 5) is 7.01. The first-order valence-electron chi connectivity index (χ1n) is 7.52. The molecule has 0 aromatic carbocycles. The van der Waals surface area contributed by atoms with E-state index in [1.807, 2.05) is 6.20 Å². The Bertz CT molecular complexity index is 587. The van der Waals surface area contributed by atoms with Crippen LogP contribution in [0.25, 0.3) is 0 Å². The summed E-state index contributed by atoms with van der Waals surface area (Å²) in [5.74, 6) is 7.40. The van der Waals surface area contributed by atoms with Crippen molar-refractivity contribution in [2.24, 2.45) is 0 Å². The normalized spacial score (nSPS) is 27.9. The van der Waals surface area contributed by atoms with Crippen LogP contribution < -0.4 is 10.2 Å². The number of thioether (sulfide) groups is 1. The molecular weight excluding hydrogens is 278 g/mol. The zero-order chi connectivity index (χ0) is 14.8. The van der Waals surface area contributed by atoms with Gasteiger partial charge >= 0.3 is 0 Å². The molecule has 1 aromatic heterocycles. The summed E-state index contributed by atoms with van der Waals surface area (Å²) in [6, 6.07) is 5.32. The predicted molar refractivity (Wildman–Crippen MR) is 90.0 cm³/mol. The van der Waals surface area contributed by atoms with Crippen LogP contribution in [0, 0.1) is 11.8 Å². The van der Waals surface area contributed by atoms with Crippen LogP contribution in [0.2, 0.25) is 0 Å². The summed E-state index contributed by atoms with van der Waals surface area (Å²) in [5.41, 5.74) is 1.96. The Morgan fingerprint density at radius 3 is 2.52 bits per heavy atom. The maximum Gasteiger partial charge on any atom is 0.129 e. The summed E-state index contributed by atoms with van der Waals surface area (Å²) in [5, 5.41) is 5.81. The molecule has 1 saturated heterocycles. The number of allylic oxidation sites excluding steroid dienone is 1. The largest absolute Gasteiger partial charge is 0.366 e. The van der Waals surface area contributed by atoms with Crippen LogP contribution in [0.15, 0.2) is 29.4 Å². The van der Waals surface area contributed by atoms with Crippen molar-refractivity contribution in [2.75, 3.05) is 4.90 Å². The molecule has 0 bridgehead atoms. The lowest BCUT2D eigenvalue weighted by atomic mass is 10.2. The van der Waals surface area contributed by atoms with Gasteiger partial charge in [0, 0.05) is 29.3 Å². The fraction of sp³-hybridized carbons (Fsp3) is 0.471. The molecule has 3 unspecified atom stereocenters. The van der Waals surface area contributed by atoms with Crippen molar-refractivity contribution in [1.82, 2.24) is 10.3 Å². The molecule has 110 valence electrons. The highest BCUT2D eigenvalue weighted by Gasteiger charge is 2.27. The van der Waals surface area contributed by atoms with Crippen molar-refractivity contribution in [3.8, 4) is 11.8 Å². The minimum Gasteiger partial charge on any atom is -0.366 e. The van der Waals surface area contributed by atoms with Gasteiger partial charge in [-0.05, 0) is 51.7 Å². The van der Waals surface area contributed by atoms with E-state index in [9.17, 15) is 0 Å². The van der Waals surface area contributed by atoms with E-state index in [4.69, 9.17) is 0 Å². The fourth-order valence-electron chi connectivity index (χ4n) is 2.92. The van der Waals surface area contributed by atoms with Gasteiger partial charge in [-0.15, -0.1) is 11.8 Å². The Morgan fingerprint density at radius 2 is 1.95 bits per heavy atom. The van der Waals surface area contributed by atoms with Crippen LogP contribution >= 0.6 is 11.8 Å². The van der Waals surface area contributed by atoms with Gasteiger partial charge in [-0.1, -0.05) is 5.92 Å². The van der Waals surface area contributed by atoms with Gasteiger partial charge in [0.15, 0.2) is 0 Å². The molecule has 2 aliphatic rings. The molecule has 21 heavy (non-hydrogen) atoms. The quantitative estimate of drug-likeness (QED) is 0.805. The summed E-state index contributed by atoms with van der Waals surface area (Å²) < 4.78 is 0. The first-order valence-corrected chi connectivity index (χ1v) is 8.46. The number of nitrogens with zero attached hydrogens (tertiary/aromatic N) is 2. The Balaban J connectivity index is 1.71. The van der Waals surface area contributed by atoms with Gasteiger partial charge in [-0.2, -0.15) is 0 Å². The lowest BCUT2D eigenvalue weighted by Crippen LogP contribution is -2.33. The monoisotopic (exact) mass is 299 g/mol. The molecule has 0 spiro atoms. The fourth-order valence-corrected chi connectivity index (χ4v) is 3.58. The van der Waals surface area contributed by atoms with E-state index < -0.39 is 0 Å². The second-order valence-electron chi connectivity index (χ2n) is 5.79. The molecule has 1 N–H and O–H groups in total. The molecule has 0 aliphatic carbocycles. The molecule has 3 heterocycles. The molecule has 2 aliphatic heterocycles. The van der Waals surface area contributed by atoms with Gasteiger partial charge in [0.2, 0.25) is 0 Å². The van der Waals surface area contributed by atoms with Crippen molar-refractivity contribution in [2.45, 2.75) is 51.1 Å². The van der Waals surface area contributed by atoms with Crippen LogP contribution in [0.4, 0.5) is 5.82 Å². The van der Waals surface area contributed by atoms with Crippen LogP contribution in [-0.4, -0.2) is 22.4 Å². The lowest BCUT2D eigenvalue weighted by molar-refractivity contribution is 0.683. The van der Waals surface area contributed by atoms with Crippen molar-refractivity contribution in [1.29, 1.82) is 0 Å². The van der Waals surface area contributed by atoms with Gasteiger partial charge in [0.05, 0.1) is 11.1 Å². The average molecular weight is 299 g/mol. The maximum absolute atomic E-state index is 4.60. The van der Waals surface area contributed by atoms with Crippen LogP contribution in [0.1, 0.15) is 39.2 Å². The number of hydrogen-bond donors (Lipinski definition) is 1. The van der Waals surface area contributed by atoms with E-state index >= 15 is 0 Å². The molecule has 3 atom stereocenters. The standard InChI is InChI=1S/C17H21N3S/c1-12-4-5-13(2)20(12)17-9-7-15(10-18-17)6-8-16-11-21-14(3)19-16/h7,9-14,19H,4-5H2,1-3H3. The van der Waals surface area contributed by atoms with E-state index in [2.05, 4.69) is 65.4 Å². The number of anilines is 1. The molecule has 3 nitrogen and oxygen atoms in total. The third-order valence-corrected chi connectivity index (χ3v) is 4.95. The van der Waals surface area contributed by atoms with Crippen LogP contribution in [0.3, 0.4) is 0 Å². The zero-order valence-electron chi connectivity index (χ0n) is 12.8. The van der Waals surface area contributed by atoms with Gasteiger partial charge in [0.1, 0.15) is 5.82 Å². The van der Waals surface area contributed by atoms with Crippen LogP contribution in [-0.2, 0) is 0 Å². The van der Waals surface area contributed by atoms with Gasteiger partial charge < -0.3 is 10.2 Å². The van der Waals surface area contributed by atoms with E-state index in [-0.39, 0.29) is 0 Å². The number of pyridine rings is 1. The maximum atomic E-state index is 4.60. The average Bonchev–Trinajstić information content (AvgIpc) is 3.04. The number of nitrogens with one attached hydrogen (secondary N) is 1. The smallest absolute Gasteiger partial charge is 0.129 e. The highest BCUT2D eigenvalue weighted by molar-refractivity contribution is 8.02. The summed E-state index contributed by atoms with van der Waals surface area (Å²) in [7, 11) is 0. The lowest BCUT2D eigenvalue weighted by Gasteiger charge is -2.27. The Hall–Kier alpha value is -1.60. The highest BCUT2D eigenvalue weighted by Crippen LogP contribution is 2.28. The van der Waals surface area contributed by atoms with E-state index in [0.29, 0.717) is 17.5 Å². The Kier molecular flexibility index (Phi) is 4.12. The van der Waals surface area contributed by atoms with Gasteiger partial charge in [0.25, 0.3) is 0 Å². The van der Waals surface area contributed by atoms with Crippen molar-refractivity contribution >= 4 is 17.6 Å². The molecular formula is C17H21N3S. The minimum absolute atomic E-state index is 0.424. The summed E-state index contributed by atoms with van der Waals surface area (Å²) in [6.07, 6.45) is 4.38. The Morgan fingerprint density at radius 1 is 1.19 bits per heavy atom. The minimum atomic E-state index is 0.424. The Labute approximate surface area is 131 Å². The summed E-state index contributed by atoms with van der Waals surface area (Å²) in [6.45, 7) is 6.68. The topological polar surface area (TPSA) is 28.2 Å². The van der Waals surface area contributed by atoms with E-state index in [1.54, 1.807) is 11.8 Å². The van der Waals surface area contributed by atoms with Crippen molar-refractivity contribution < 1.29 is 0 Å². The molecule has 0 amide bonds. The second-order valence-corrected chi connectivity index (χ2v) is 7.01. The van der Waals surface area contributed by atoms with Crippen molar-refractivity contribution in [3.05, 3.63) is 35.0 Å². The second kappa shape index (κ2) is 6.03. The molecule has 3 rings (SSSR count). The molecule has 4 heteroatoms. The third kappa shape index (κ3) is 3.19. The first kappa shape index (κ1) is 14.3. The van der Waals surface area contributed by atoms with Gasteiger partial charge in [-0.25, -0.2) is 4.98 Å². The molecule has 1 aromatic rings.